The van der Waals surface area contributed by atoms with Crippen LogP contribution < -0.4 is 14.2 Å². The lowest BCUT2D eigenvalue weighted by Gasteiger charge is -2.20. The number of carbonyl (C=O) groups is 1. The number of amides is 1. The van der Waals surface area contributed by atoms with Crippen molar-refractivity contribution in [3.8, 4) is 17.2 Å². The maximum Gasteiger partial charge on any atom is 0.283 e. The molecule has 0 aliphatic carbocycles. The third-order valence-corrected chi connectivity index (χ3v) is 6.76. The standard InChI is InChI=1S/C25H25BrN4O4S/c1-4-7-21-29-30-23(27)17(24(31)28-25(30)35-21)12-16-13-18(26)22(20(14-16)32-3)34-11-10-33-19-9-6-5-8-15(19)2/h5-6,8-9,12-14,27H,4,7,10-11H2,1-3H3/b17-12-,27-23?. The Morgan fingerprint density at radius 2 is 1.94 bits per heavy atom. The number of para-hydroxylation sites is 1. The molecule has 10 heteroatoms. The van der Waals surface area contributed by atoms with E-state index >= 15 is 0 Å². The highest BCUT2D eigenvalue weighted by atomic mass is 79.9. The molecular weight excluding hydrogens is 532 g/mol. The normalized spacial score (nSPS) is 16.2. The summed E-state index contributed by atoms with van der Waals surface area (Å²) in [6.07, 6.45) is 3.32. The highest BCUT2D eigenvalue weighted by Gasteiger charge is 2.35. The SMILES string of the molecule is CCCC1=NN2C(=N)/C(=C/c3cc(Br)c(OCCOc4ccccc4C)c(OC)c3)C(=O)N=C2S1. The number of hydrogen-bond donors (Lipinski definition) is 1. The lowest BCUT2D eigenvalue weighted by molar-refractivity contribution is -0.114. The number of aliphatic imine (C=N–C) groups is 1. The molecule has 2 heterocycles. The minimum Gasteiger partial charge on any atom is -0.493 e. The number of rotatable bonds is 9. The number of methoxy groups -OCH3 is 1. The second-order valence-corrected chi connectivity index (χ2v) is 9.66. The van der Waals surface area contributed by atoms with Crippen LogP contribution in [0.25, 0.3) is 6.08 Å². The zero-order chi connectivity index (χ0) is 24.9. The highest BCUT2D eigenvalue weighted by Crippen LogP contribution is 2.38. The molecule has 0 spiro atoms. The Labute approximate surface area is 216 Å². The molecule has 0 fully saturated rings. The van der Waals surface area contributed by atoms with Crippen molar-refractivity contribution in [3.63, 3.8) is 0 Å². The van der Waals surface area contributed by atoms with Gasteiger partial charge in [-0.05, 0) is 82.9 Å². The number of amidine groups is 2. The quantitative estimate of drug-likeness (QED) is 0.317. The number of aryl methyl sites for hydroxylation is 1. The molecule has 0 bridgehead atoms. The van der Waals surface area contributed by atoms with Crippen LogP contribution in [0.1, 0.15) is 30.9 Å². The van der Waals surface area contributed by atoms with E-state index in [0.717, 1.165) is 29.2 Å². The smallest absolute Gasteiger partial charge is 0.283 e. The fourth-order valence-corrected chi connectivity index (χ4v) is 5.05. The summed E-state index contributed by atoms with van der Waals surface area (Å²) in [7, 11) is 1.55. The predicted molar refractivity (Wildman–Crippen MR) is 143 cm³/mol. The number of hydrazone groups is 1. The molecule has 0 aromatic heterocycles. The van der Waals surface area contributed by atoms with Crippen LogP contribution in [0, 0.1) is 12.3 Å². The topological polar surface area (TPSA) is 96.6 Å². The number of carbonyl (C=O) groups excluding carboxylic acids is 1. The molecule has 1 N–H and O–H groups in total. The molecule has 0 saturated heterocycles. The van der Waals surface area contributed by atoms with Crippen molar-refractivity contribution in [2.45, 2.75) is 26.7 Å². The molecule has 0 atom stereocenters. The number of nitrogens with zero attached hydrogens (tertiary/aromatic N) is 3. The summed E-state index contributed by atoms with van der Waals surface area (Å²) in [6, 6.07) is 11.4. The number of ether oxygens (including phenoxy) is 3. The summed E-state index contributed by atoms with van der Waals surface area (Å²) >= 11 is 4.87. The third kappa shape index (κ3) is 5.59. The van der Waals surface area contributed by atoms with Crippen molar-refractivity contribution in [3.05, 3.63) is 57.6 Å². The van der Waals surface area contributed by atoms with Gasteiger partial charge in [-0.15, -0.1) is 0 Å². The molecule has 1 amide bonds. The Bertz CT molecular complexity index is 1260. The van der Waals surface area contributed by atoms with Crippen LogP contribution in [-0.2, 0) is 4.79 Å². The number of thioether (sulfide) groups is 1. The van der Waals surface area contributed by atoms with E-state index in [0.29, 0.717) is 39.9 Å². The first-order valence-electron chi connectivity index (χ1n) is 11.1. The van der Waals surface area contributed by atoms with Gasteiger partial charge in [-0.25, -0.2) is 0 Å². The maximum atomic E-state index is 12.7. The van der Waals surface area contributed by atoms with Crippen LogP contribution in [0.4, 0.5) is 0 Å². The Hall–Kier alpha value is -3.11. The van der Waals surface area contributed by atoms with E-state index in [-0.39, 0.29) is 11.4 Å². The summed E-state index contributed by atoms with van der Waals surface area (Å²) < 4.78 is 17.9. The zero-order valence-corrected chi connectivity index (χ0v) is 22.0. The molecule has 2 aromatic rings. The van der Waals surface area contributed by atoms with Crippen molar-refractivity contribution in [1.29, 1.82) is 5.41 Å². The van der Waals surface area contributed by atoms with Gasteiger partial charge in [0.1, 0.15) is 24.0 Å². The molecular formula is C25H25BrN4O4S. The number of hydrogen-bond acceptors (Lipinski definition) is 7. The van der Waals surface area contributed by atoms with E-state index in [1.165, 1.54) is 16.8 Å². The minimum atomic E-state index is -0.467. The Morgan fingerprint density at radius 3 is 2.69 bits per heavy atom. The fourth-order valence-electron chi connectivity index (χ4n) is 3.49. The highest BCUT2D eigenvalue weighted by molar-refractivity contribution is 9.10. The van der Waals surface area contributed by atoms with Gasteiger partial charge >= 0.3 is 0 Å². The Kier molecular flexibility index (Phi) is 7.92. The second kappa shape index (κ2) is 11.1. The van der Waals surface area contributed by atoms with Gasteiger partial charge in [0.15, 0.2) is 17.3 Å². The number of benzene rings is 2. The van der Waals surface area contributed by atoms with Gasteiger partial charge in [-0.2, -0.15) is 15.1 Å². The summed E-state index contributed by atoms with van der Waals surface area (Å²) in [5, 5.41) is 15.7. The van der Waals surface area contributed by atoms with Crippen molar-refractivity contribution in [2.24, 2.45) is 10.1 Å². The predicted octanol–water partition coefficient (Wildman–Crippen LogP) is 5.64. The second-order valence-electron chi connectivity index (χ2n) is 7.76. The largest absolute Gasteiger partial charge is 0.493 e. The zero-order valence-electron chi connectivity index (χ0n) is 19.6. The number of fused-ring (bicyclic) bond motifs is 1. The molecule has 182 valence electrons. The lowest BCUT2D eigenvalue weighted by Crippen LogP contribution is -2.35. The fraction of sp³-hybridized carbons (Fsp3) is 0.280. The van der Waals surface area contributed by atoms with E-state index in [1.54, 1.807) is 25.3 Å². The van der Waals surface area contributed by atoms with Crippen LogP contribution in [0.2, 0.25) is 0 Å². The first kappa shape index (κ1) is 25.0. The molecule has 2 aliphatic rings. The van der Waals surface area contributed by atoms with Gasteiger partial charge in [0, 0.05) is 0 Å². The Balaban J connectivity index is 1.49. The van der Waals surface area contributed by atoms with E-state index in [1.807, 2.05) is 31.2 Å². The first-order valence-corrected chi connectivity index (χ1v) is 12.7. The van der Waals surface area contributed by atoms with E-state index in [2.05, 4.69) is 32.9 Å². The van der Waals surface area contributed by atoms with Gasteiger partial charge in [-0.3, -0.25) is 10.2 Å². The van der Waals surface area contributed by atoms with Gasteiger partial charge in [0.25, 0.3) is 5.91 Å². The van der Waals surface area contributed by atoms with Gasteiger partial charge < -0.3 is 14.2 Å². The van der Waals surface area contributed by atoms with E-state index < -0.39 is 5.91 Å². The van der Waals surface area contributed by atoms with Gasteiger partial charge in [0.2, 0.25) is 5.17 Å². The van der Waals surface area contributed by atoms with Crippen molar-refractivity contribution in [1.82, 2.24) is 5.01 Å². The summed E-state index contributed by atoms with van der Waals surface area (Å²) in [5.41, 5.74) is 1.88. The summed E-state index contributed by atoms with van der Waals surface area (Å²) in [6.45, 7) is 4.73. The van der Waals surface area contributed by atoms with Crippen molar-refractivity contribution < 1.29 is 19.0 Å². The molecule has 0 radical (unpaired) electrons. The molecule has 0 unspecified atom stereocenters. The van der Waals surface area contributed by atoms with Gasteiger partial charge in [-0.1, -0.05) is 25.1 Å². The van der Waals surface area contributed by atoms with Gasteiger partial charge in [0.05, 0.1) is 17.2 Å². The van der Waals surface area contributed by atoms with Crippen LogP contribution in [0.5, 0.6) is 17.2 Å². The van der Waals surface area contributed by atoms with Crippen LogP contribution >= 0.6 is 27.7 Å². The van der Waals surface area contributed by atoms with Crippen LogP contribution in [0.3, 0.4) is 0 Å². The molecule has 2 aliphatic heterocycles. The minimum absolute atomic E-state index is 0.00220. The van der Waals surface area contributed by atoms with Crippen molar-refractivity contribution in [2.75, 3.05) is 20.3 Å². The first-order chi connectivity index (χ1) is 16.9. The molecule has 2 aromatic carbocycles. The number of nitrogens with one attached hydrogen (secondary N) is 1. The maximum absolute atomic E-state index is 12.7. The monoisotopic (exact) mass is 556 g/mol. The van der Waals surface area contributed by atoms with E-state index in [4.69, 9.17) is 19.6 Å². The van der Waals surface area contributed by atoms with Crippen molar-refractivity contribution >= 4 is 55.7 Å². The Morgan fingerprint density at radius 1 is 1.17 bits per heavy atom. The molecule has 35 heavy (non-hydrogen) atoms. The molecule has 0 saturated carbocycles. The van der Waals surface area contributed by atoms with Crippen LogP contribution in [0.15, 0.2) is 56.5 Å². The number of halogens is 1. The molecule has 8 nitrogen and oxygen atoms in total. The van der Waals surface area contributed by atoms with Crippen LogP contribution in [-0.4, -0.2) is 47.3 Å². The summed E-state index contributed by atoms with van der Waals surface area (Å²) in [4.78, 5) is 16.8. The average molecular weight is 557 g/mol. The third-order valence-electron chi connectivity index (χ3n) is 5.20. The average Bonchev–Trinajstić information content (AvgIpc) is 3.24. The molecule has 4 rings (SSSR count). The lowest BCUT2D eigenvalue weighted by atomic mass is 10.1. The van der Waals surface area contributed by atoms with E-state index in [9.17, 15) is 4.79 Å². The summed E-state index contributed by atoms with van der Waals surface area (Å²) in [5.74, 6) is 1.36.